The lowest BCUT2D eigenvalue weighted by Crippen LogP contribution is -2.01. The molecule has 0 radical (unpaired) electrons. The number of aromatic amines is 1. The van der Waals surface area contributed by atoms with Gasteiger partial charge in [-0.1, -0.05) is 25.1 Å². The molecule has 0 unspecified atom stereocenters. The number of fused-ring (bicyclic) bond motifs is 1. The van der Waals surface area contributed by atoms with Crippen molar-refractivity contribution in [3.8, 4) is 11.3 Å². The lowest BCUT2D eigenvalue weighted by atomic mass is 10.0. The molecule has 0 spiro atoms. The number of aromatic nitrogens is 1. The maximum Gasteiger partial charge on any atom is 0.307 e. The first-order chi connectivity index (χ1) is 10.6. The van der Waals surface area contributed by atoms with Gasteiger partial charge in [0.2, 0.25) is 0 Å². The van der Waals surface area contributed by atoms with Gasteiger partial charge in [-0.15, -0.1) is 0 Å². The highest BCUT2D eigenvalue weighted by Gasteiger charge is 2.18. The van der Waals surface area contributed by atoms with Crippen LogP contribution < -0.4 is 0 Å². The van der Waals surface area contributed by atoms with E-state index in [2.05, 4.69) is 4.98 Å². The fourth-order valence-corrected chi connectivity index (χ4v) is 2.74. The molecule has 0 amide bonds. The van der Waals surface area contributed by atoms with E-state index in [9.17, 15) is 14.3 Å². The van der Waals surface area contributed by atoms with Gasteiger partial charge in [0, 0.05) is 16.5 Å². The molecule has 22 heavy (non-hydrogen) atoms. The second-order valence-electron chi connectivity index (χ2n) is 5.26. The van der Waals surface area contributed by atoms with Crippen molar-refractivity contribution in [1.82, 2.24) is 4.98 Å². The average molecular weight is 297 g/mol. The molecule has 0 aliphatic carbocycles. The van der Waals surface area contributed by atoms with Gasteiger partial charge < -0.3 is 10.1 Å². The van der Waals surface area contributed by atoms with Crippen molar-refractivity contribution in [2.45, 2.75) is 19.8 Å². The Kier molecular flexibility index (Phi) is 3.67. The number of hydrogen-bond acceptors (Lipinski definition) is 1. The number of nitrogens with one attached hydrogen (secondary N) is 1. The number of aryl methyl sites for hydroxylation is 1. The quantitative estimate of drug-likeness (QED) is 0.759. The lowest BCUT2D eigenvalue weighted by molar-refractivity contribution is -0.136. The molecule has 0 aliphatic heterocycles. The summed E-state index contributed by atoms with van der Waals surface area (Å²) in [4.78, 5) is 14.4. The smallest absolute Gasteiger partial charge is 0.307 e. The molecule has 112 valence electrons. The number of H-pyrrole nitrogens is 1. The number of carboxylic acids is 1. The topological polar surface area (TPSA) is 53.1 Å². The zero-order valence-corrected chi connectivity index (χ0v) is 12.2. The summed E-state index contributed by atoms with van der Waals surface area (Å²) in [5.74, 6) is -1.29. The Labute approximate surface area is 127 Å². The largest absolute Gasteiger partial charge is 0.481 e. The van der Waals surface area contributed by atoms with Gasteiger partial charge in [0.1, 0.15) is 5.82 Å². The number of benzene rings is 2. The number of carboxylic acid groups (broad SMARTS) is 1. The highest BCUT2D eigenvalue weighted by atomic mass is 19.1. The normalized spacial score (nSPS) is 11.0. The molecule has 2 aromatic carbocycles. The Morgan fingerprint density at radius 3 is 2.68 bits per heavy atom. The number of carbonyl (C=O) groups is 1. The maximum atomic E-state index is 14.1. The summed E-state index contributed by atoms with van der Waals surface area (Å²) in [5, 5.41) is 10.1. The molecule has 0 saturated heterocycles. The summed E-state index contributed by atoms with van der Waals surface area (Å²) >= 11 is 0. The van der Waals surface area contributed by atoms with E-state index in [4.69, 9.17) is 0 Å². The van der Waals surface area contributed by atoms with Gasteiger partial charge in [0.05, 0.1) is 12.1 Å². The summed E-state index contributed by atoms with van der Waals surface area (Å²) in [6.07, 6.45) is 0.722. The van der Waals surface area contributed by atoms with E-state index in [1.165, 1.54) is 6.07 Å². The minimum absolute atomic E-state index is 0.142. The predicted octanol–water partition coefficient (Wildman–Crippen LogP) is 4.16. The molecule has 0 saturated carbocycles. The van der Waals surface area contributed by atoms with Crippen molar-refractivity contribution in [1.29, 1.82) is 0 Å². The molecular formula is C18H16FNO2. The molecule has 1 aromatic heterocycles. The van der Waals surface area contributed by atoms with Crippen LogP contribution in [-0.4, -0.2) is 16.1 Å². The van der Waals surface area contributed by atoms with Crippen LogP contribution in [-0.2, 0) is 17.6 Å². The van der Waals surface area contributed by atoms with Crippen LogP contribution in [0.15, 0.2) is 42.5 Å². The van der Waals surface area contributed by atoms with Crippen LogP contribution in [0.1, 0.15) is 18.1 Å². The Balaban J connectivity index is 2.29. The third kappa shape index (κ3) is 2.48. The fourth-order valence-electron chi connectivity index (χ4n) is 2.74. The summed E-state index contributed by atoms with van der Waals surface area (Å²) in [7, 11) is 0. The van der Waals surface area contributed by atoms with E-state index in [-0.39, 0.29) is 12.2 Å². The average Bonchev–Trinajstić information content (AvgIpc) is 2.85. The zero-order valence-electron chi connectivity index (χ0n) is 12.2. The number of halogens is 1. The van der Waals surface area contributed by atoms with Crippen molar-refractivity contribution >= 4 is 16.9 Å². The molecule has 3 nitrogen and oxygen atoms in total. The highest BCUT2D eigenvalue weighted by Crippen LogP contribution is 2.32. The second-order valence-corrected chi connectivity index (χ2v) is 5.26. The predicted molar refractivity (Wildman–Crippen MR) is 84.4 cm³/mol. The maximum absolute atomic E-state index is 14.1. The number of rotatable bonds is 4. The molecule has 4 heteroatoms. The molecule has 3 aromatic rings. The van der Waals surface area contributed by atoms with Crippen LogP contribution in [0.3, 0.4) is 0 Å². The van der Waals surface area contributed by atoms with Crippen LogP contribution in [0.2, 0.25) is 0 Å². The van der Waals surface area contributed by atoms with Crippen LogP contribution in [0.4, 0.5) is 4.39 Å². The molecule has 0 fully saturated rings. The Morgan fingerprint density at radius 2 is 2.00 bits per heavy atom. The first kappa shape index (κ1) is 14.3. The summed E-state index contributed by atoms with van der Waals surface area (Å²) in [6, 6.07) is 12.3. The van der Waals surface area contributed by atoms with Crippen molar-refractivity contribution in [3.05, 3.63) is 59.4 Å². The lowest BCUT2D eigenvalue weighted by Gasteiger charge is -2.04. The molecule has 2 N–H and O–H groups in total. The third-order valence-corrected chi connectivity index (χ3v) is 3.85. The molecule has 0 aliphatic rings. The molecule has 1 heterocycles. The van der Waals surface area contributed by atoms with E-state index >= 15 is 0 Å². The minimum atomic E-state index is -0.930. The first-order valence-corrected chi connectivity index (χ1v) is 7.20. The zero-order chi connectivity index (χ0) is 15.7. The van der Waals surface area contributed by atoms with Crippen molar-refractivity contribution in [2.24, 2.45) is 0 Å². The molecule has 0 atom stereocenters. The standard InChI is InChI=1S/C18H16FNO2/c1-2-11-7-8-16-13(9-11)14(10-17(21)22)18(20-16)12-5-3-4-6-15(12)19/h3-9,20H,2,10H2,1H3,(H,21,22). The minimum Gasteiger partial charge on any atom is -0.481 e. The molecule has 0 bridgehead atoms. The molecule has 3 rings (SSSR count). The number of aliphatic carboxylic acids is 1. The van der Waals surface area contributed by atoms with Gasteiger partial charge in [-0.3, -0.25) is 4.79 Å². The van der Waals surface area contributed by atoms with Gasteiger partial charge in [-0.25, -0.2) is 4.39 Å². The van der Waals surface area contributed by atoms with E-state index in [0.29, 0.717) is 16.8 Å². The van der Waals surface area contributed by atoms with Crippen LogP contribution in [0.5, 0.6) is 0 Å². The third-order valence-electron chi connectivity index (χ3n) is 3.85. The van der Waals surface area contributed by atoms with Crippen LogP contribution >= 0.6 is 0 Å². The van der Waals surface area contributed by atoms with E-state index in [1.54, 1.807) is 18.2 Å². The Bertz CT molecular complexity index is 851. The van der Waals surface area contributed by atoms with Gasteiger partial charge in [-0.2, -0.15) is 0 Å². The number of hydrogen-bond donors (Lipinski definition) is 2. The monoisotopic (exact) mass is 297 g/mol. The van der Waals surface area contributed by atoms with E-state index < -0.39 is 5.97 Å². The van der Waals surface area contributed by atoms with Gasteiger partial charge >= 0.3 is 5.97 Å². The summed E-state index contributed by atoms with van der Waals surface area (Å²) in [5.41, 5.74) is 3.52. The summed E-state index contributed by atoms with van der Waals surface area (Å²) < 4.78 is 14.1. The first-order valence-electron chi connectivity index (χ1n) is 7.20. The SMILES string of the molecule is CCc1ccc2[nH]c(-c3ccccc3F)c(CC(=O)O)c2c1. The second kappa shape index (κ2) is 5.64. The van der Waals surface area contributed by atoms with Crippen LogP contribution in [0.25, 0.3) is 22.2 Å². The van der Waals surface area contributed by atoms with Crippen molar-refractivity contribution in [2.75, 3.05) is 0 Å². The highest BCUT2D eigenvalue weighted by molar-refractivity contribution is 5.94. The summed E-state index contributed by atoms with van der Waals surface area (Å²) in [6.45, 7) is 2.04. The Morgan fingerprint density at radius 1 is 1.23 bits per heavy atom. The van der Waals surface area contributed by atoms with Gasteiger partial charge in [-0.05, 0) is 41.8 Å². The van der Waals surface area contributed by atoms with Gasteiger partial charge in [0.15, 0.2) is 0 Å². The fraction of sp³-hybridized carbons (Fsp3) is 0.167. The van der Waals surface area contributed by atoms with Crippen molar-refractivity contribution < 1.29 is 14.3 Å². The van der Waals surface area contributed by atoms with Gasteiger partial charge in [0.25, 0.3) is 0 Å². The molecular weight excluding hydrogens is 281 g/mol. The van der Waals surface area contributed by atoms with Crippen molar-refractivity contribution in [3.63, 3.8) is 0 Å². The van der Waals surface area contributed by atoms with Crippen LogP contribution in [0, 0.1) is 5.82 Å². The van der Waals surface area contributed by atoms with E-state index in [1.807, 2.05) is 25.1 Å². The van der Waals surface area contributed by atoms with E-state index in [0.717, 1.165) is 22.9 Å². The Hall–Kier alpha value is -2.62.